The van der Waals surface area contributed by atoms with E-state index < -0.39 is 0 Å². The van der Waals surface area contributed by atoms with Gasteiger partial charge in [0.2, 0.25) is 0 Å². The third-order valence-corrected chi connectivity index (χ3v) is 3.32. The third kappa shape index (κ3) is 4.14. The molecule has 24 heavy (non-hydrogen) atoms. The van der Waals surface area contributed by atoms with Crippen LogP contribution in [0.5, 0.6) is 11.5 Å². The molecular formula is C19H18N2O3. The van der Waals surface area contributed by atoms with Crippen LogP contribution in [0.1, 0.15) is 5.56 Å². The van der Waals surface area contributed by atoms with Gasteiger partial charge >= 0.3 is 0 Å². The summed E-state index contributed by atoms with van der Waals surface area (Å²) >= 11 is 0. The molecule has 5 nitrogen and oxygen atoms in total. The van der Waals surface area contributed by atoms with Gasteiger partial charge < -0.3 is 14.4 Å². The monoisotopic (exact) mass is 322 g/mol. The van der Waals surface area contributed by atoms with E-state index in [0.717, 1.165) is 5.69 Å². The summed E-state index contributed by atoms with van der Waals surface area (Å²) < 4.78 is 10.8. The lowest BCUT2D eigenvalue weighted by Gasteiger charge is -2.21. The Bertz CT molecular complexity index is 751. The second-order valence-electron chi connectivity index (χ2n) is 4.89. The van der Waals surface area contributed by atoms with Crippen molar-refractivity contribution in [3.8, 4) is 17.6 Å². The van der Waals surface area contributed by atoms with Gasteiger partial charge in [0, 0.05) is 18.3 Å². The van der Waals surface area contributed by atoms with Gasteiger partial charge in [-0.3, -0.25) is 4.79 Å². The predicted octanol–water partition coefficient (Wildman–Crippen LogP) is 3.16. The molecule has 1 amide bonds. The summed E-state index contributed by atoms with van der Waals surface area (Å²) in [5.74, 6) is 0.626. The predicted molar refractivity (Wildman–Crippen MR) is 92.2 cm³/mol. The van der Waals surface area contributed by atoms with Gasteiger partial charge in [-0.15, -0.1) is 6.58 Å². The molecule has 0 atom stereocenters. The fraction of sp³-hybridized carbons (Fsp3) is 0.158. The van der Waals surface area contributed by atoms with E-state index in [0.29, 0.717) is 23.6 Å². The second-order valence-corrected chi connectivity index (χ2v) is 4.89. The summed E-state index contributed by atoms with van der Waals surface area (Å²) in [5, 5.41) is 8.91. The molecule has 5 heteroatoms. The van der Waals surface area contributed by atoms with Crippen LogP contribution in [0.3, 0.4) is 0 Å². The minimum absolute atomic E-state index is 0.148. The molecule has 0 bridgehead atoms. The van der Waals surface area contributed by atoms with Crippen molar-refractivity contribution in [1.82, 2.24) is 0 Å². The van der Waals surface area contributed by atoms with E-state index in [2.05, 4.69) is 6.58 Å². The van der Waals surface area contributed by atoms with E-state index >= 15 is 0 Å². The molecule has 2 aromatic carbocycles. The summed E-state index contributed by atoms with van der Waals surface area (Å²) in [4.78, 5) is 14.1. The van der Waals surface area contributed by atoms with E-state index in [9.17, 15) is 4.79 Å². The average Bonchev–Trinajstić information content (AvgIpc) is 2.64. The zero-order valence-corrected chi connectivity index (χ0v) is 13.4. The van der Waals surface area contributed by atoms with Gasteiger partial charge in [-0.1, -0.05) is 24.3 Å². The van der Waals surface area contributed by atoms with E-state index in [-0.39, 0.29) is 12.5 Å². The largest absolute Gasteiger partial charge is 0.493 e. The molecular weight excluding hydrogens is 304 g/mol. The zero-order chi connectivity index (χ0) is 17.4. The number of amides is 1. The van der Waals surface area contributed by atoms with Crippen LogP contribution in [0.25, 0.3) is 0 Å². The van der Waals surface area contributed by atoms with Crippen LogP contribution in [-0.4, -0.2) is 26.2 Å². The number of carbonyl (C=O) groups excluding carboxylic acids is 1. The number of nitriles is 1. The fourth-order valence-electron chi connectivity index (χ4n) is 2.16. The molecule has 0 heterocycles. The van der Waals surface area contributed by atoms with Gasteiger partial charge in [-0.05, 0) is 24.3 Å². The first-order chi connectivity index (χ1) is 11.7. The average molecular weight is 322 g/mol. The van der Waals surface area contributed by atoms with Gasteiger partial charge in [-0.25, -0.2) is 0 Å². The summed E-state index contributed by atoms with van der Waals surface area (Å²) in [6.45, 7) is 3.93. The van der Waals surface area contributed by atoms with Crippen LogP contribution >= 0.6 is 0 Å². The van der Waals surface area contributed by atoms with Crippen molar-refractivity contribution in [2.75, 3.05) is 25.2 Å². The minimum atomic E-state index is -0.201. The SMILES string of the molecule is C=CCN(C(=O)COc1ccc(C#N)cc1OC)c1ccccc1. The van der Waals surface area contributed by atoms with Gasteiger partial charge in [0.05, 0.1) is 18.7 Å². The van der Waals surface area contributed by atoms with Crippen molar-refractivity contribution in [3.05, 3.63) is 66.7 Å². The molecule has 0 aliphatic carbocycles. The fourth-order valence-corrected chi connectivity index (χ4v) is 2.16. The maximum absolute atomic E-state index is 12.5. The Morgan fingerprint density at radius 3 is 2.62 bits per heavy atom. The maximum Gasteiger partial charge on any atom is 0.265 e. The molecule has 0 fully saturated rings. The number of hydrogen-bond donors (Lipinski definition) is 0. The molecule has 0 aliphatic heterocycles. The highest BCUT2D eigenvalue weighted by atomic mass is 16.5. The highest BCUT2D eigenvalue weighted by Crippen LogP contribution is 2.28. The minimum Gasteiger partial charge on any atom is -0.493 e. The molecule has 0 unspecified atom stereocenters. The van der Waals surface area contributed by atoms with Crippen molar-refractivity contribution in [1.29, 1.82) is 5.26 Å². The molecule has 2 aromatic rings. The quantitative estimate of drug-likeness (QED) is 0.735. The van der Waals surface area contributed by atoms with Crippen LogP contribution in [-0.2, 0) is 4.79 Å². The Kier molecular flexibility index (Phi) is 5.98. The van der Waals surface area contributed by atoms with Crippen molar-refractivity contribution < 1.29 is 14.3 Å². The zero-order valence-electron chi connectivity index (χ0n) is 13.4. The summed E-state index contributed by atoms with van der Waals surface area (Å²) in [7, 11) is 1.49. The number of anilines is 1. The molecule has 0 spiro atoms. The number of para-hydroxylation sites is 1. The number of ether oxygens (including phenoxy) is 2. The second kappa shape index (κ2) is 8.39. The Hall–Kier alpha value is -3.26. The van der Waals surface area contributed by atoms with E-state index in [4.69, 9.17) is 14.7 Å². The highest BCUT2D eigenvalue weighted by molar-refractivity contribution is 5.94. The van der Waals surface area contributed by atoms with E-state index in [1.54, 1.807) is 29.2 Å². The van der Waals surface area contributed by atoms with Crippen LogP contribution in [0.2, 0.25) is 0 Å². The molecule has 0 N–H and O–H groups in total. The lowest BCUT2D eigenvalue weighted by molar-refractivity contribution is -0.120. The number of hydrogen-bond acceptors (Lipinski definition) is 4. The highest BCUT2D eigenvalue weighted by Gasteiger charge is 2.16. The molecule has 0 radical (unpaired) electrons. The van der Waals surface area contributed by atoms with Gasteiger partial charge in [0.15, 0.2) is 18.1 Å². The summed E-state index contributed by atoms with van der Waals surface area (Å²) in [5.41, 5.74) is 1.24. The molecule has 2 rings (SSSR count). The van der Waals surface area contributed by atoms with Gasteiger partial charge in [-0.2, -0.15) is 5.26 Å². The Labute approximate surface area is 141 Å². The molecule has 0 aromatic heterocycles. The topological polar surface area (TPSA) is 62.6 Å². The molecule has 0 saturated carbocycles. The van der Waals surface area contributed by atoms with Crippen molar-refractivity contribution in [2.45, 2.75) is 0 Å². The number of benzene rings is 2. The van der Waals surface area contributed by atoms with Gasteiger partial charge in [0.25, 0.3) is 5.91 Å². The first kappa shape index (κ1) is 17.1. The first-order valence-corrected chi connectivity index (χ1v) is 7.37. The van der Waals surface area contributed by atoms with Crippen LogP contribution < -0.4 is 14.4 Å². The van der Waals surface area contributed by atoms with E-state index in [1.165, 1.54) is 7.11 Å². The Balaban J connectivity index is 2.11. The van der Waals surface area contributed by atoms with E-state index in [1.807, 2.05) is 36.4 Å². The normalized spacial score (nSPS) is 9.67. The van der Waals surface area contributed by atoms with Crippen LogP contribution in [0.15, 0.2) is 61.2 Å². The first-order valence-electron chi connectivity index (χ1n) is 7.37. The number of rotatable bonds is 7. The number of nitrogens with zero attached hydrogens (tertiary/aromatic N) is 2. The Morgan fingerprint density at radius 2 is 2.00 bits per heavy atom. The van der Waals surface area contributed by atoms with Gasteiger partial charge in [0.1, 0.15) is 0 Å². The lowest BCUT2D eigenvalue weighted by Crippen LogP contribution is -2.35. The standard InChI is InChI=1S/C19H18N2O3/c1-3-11-21(16-7-5-4-6-8-16)19(22)14-24-17-10-9-15(13-20)12-18(17)23-2/h3-10,12H,1,11,14H2,2H3. The number of methoxy groups -OCH3 is 1. The van der Waals surface area contributed by atoms with Crippen LogP contribution in [0, 0.1) is 11.3 Å². The lowest BCUT2D eigenvalue weighted by atomic mass is 10.2. The summed E-state index contributed by atoms with van der Waals surface area (Å²) in [6.07, 6.45) is 1.66. The number of carbonyl (C=O) groups is 1. The smallest absolute Gasteiger partial charge is 0.265 e. The third-order valence-electron chi connectivity index (χ3n) is 3.32. The molecule has 0 aliphatic rings. The van der Waals surface area contributed by atoms with Crippen molar-refractivity contribution >= 4 is 11.6 Å². The maximum atomic E-state index is 12.5. The van der Waals surface area contributed by atoms with Crippen molar-refractivity contribution in [3.63, 3.8) is 0 Å². The van der Waals surface area contributed by atoms with Crippen LogP contribution in [0.4, 0.5) is 5.69 Å². The Morgan fingerprint density at radius 1 is 1.25 bits per heavy atom. The summed E-state index contributed by atoms with van der Waals surface area (Å²) in [6, 6.07) is 16.1. The molecule has 0 saturated heterocycles. The van der Waals surface area contributed by atoms with Crippen molar-refractivity contribution in [2.24, 2.45) is 0 Å². The molecule has 122 valence electrons.